The van der Waals surface area contributed by atoms with Gasteiger partial charge in [-0.3, -0.25) is 19.1 Å². The Kier molecular flexibility index (Phi) is 7.34. The number of benzene rings is 1. The summed E-state index contributed by atoms with van der Waals surface area (Å²) in [5.74, 6) is -0.290. The molecule has 0 radical (unpaired) electrons. The van der Waals surface area contributed by atoms with Crippen LogP contribution in [0.4, 0.5) is 5.69 Å². The second-order valence-corrected chi connectivity index (χ2v) is 9.37. The second-order valence-electron chi connectivity index (χ2n) is 9.37. The van der Waals surface area contributed by atoms with Crippen LogP contribution in [0.2, 0.25) is 0 Å². The first-order valence-corrected chi connectivity index (χ1v) is 12.4. The van der Waals surface area contributed by atoms with Crippen molar-refractivity contribution in [3.8, 4) is 0 Å². The number of nitrogens with zero attached hydrogens (tertiary/aromatic N) is 4. The first-order valence-electron chi connectivity index (χ1n) is 12.4. The molecule has 1 aromatic heterocycles. The number of piperidine rings is 1. The van der Waals surface area contributed by atoms with Crippen molar-refractivity contribution in [2.24, 2.45) is 18.9 Å². The van der Waals surface area contributed by atoms with E-state index in [2.05, 4.69) is 10.4 Å². The van der Waals surface area contributed by atoms with Crippen LogP contribution in [0.15, 0.2) is 30.3 Å². The highest BCUT2D eigenvalue weighted by atomic mass is 16.2. The molecule has 1 saturated heterocycles. The van der Waals surface area contributed by atoms with Gasteiger partial charge in [-0.15, -0.1) is 0 Å². The number of amides is 3. The molecule has 34 heavy (non-hydrogen) atoms. The van der Waals surface area contributed by atoms with Gasteiger partial charge in [0, 0.05) is 62.5 Å². The van der Waals surface area contributed by atoms with E-state index in [0.717, 1.165) is 42.6 Å². The number of aryl methyl sites for hydroxylation is 1. The third-order valence-electron chi connectivity index (χ3n) is 7.21. The third-order valence-corrected chi connectivity index (χ3v) is 7.21. The molecule has 0 saturated carbocycles. The molecule has 1 fully saturated rings. The molecule has 2 aliphatic heterocycles. The summed E-state index contributed by atoms with van der Waals surface area (Å²) in [6, 6.07) is 9.39. The van der Waals surface area contributed by atoms with E-state index in [1.165, 1.54) is 0 Å². The van der Waals surface area contributed by atoms with E-state index in [9.17, 15) is 14.4 Å². The summed E-state index contributed by atoms with van der Waals surface area (Å²) >= 11 is 0. The molecular formula is C26H35N5O3. The molecule has 2 aromatic rings. The minimum atomic E-state index is -0.259. The van der Waals surface area contributed by atoms with Crippen LogP contribution in [0.5, 0.6) is 0 Å². The lowest BCUT2D eigenvalue weighted by atomic mass is 9.95. The largest absolute Gasteiger partial charge is 0.338 e. The number of aromatic nitrogens is 2. The van der Waals surface area contributed by atoms with E-state index >= 15 is 0 Å². The fraction of sp³-hybridized carbons (Fsp3) is 0.538. The summed E-state index contributed by atoms with van der Waals surface area (Å²) in [5.41, 5.74) is 3.06. The Hall–Kier alpha value is -3.16. The van der Waals surface area contributed by atoms with Crippen molar-refractivity contribution in [2.45, 2.75) is 52.5 Å². The minimum absolute atomic E-state index is 0.0170. The molecule has 8 nitrogen and oxygen atoms in total. The lowest BCUT2D eigenvalue weighted by molar-refractivity contribution is -0.136. The molecule has 2 aliphatic rings. The monoisotopic (exact) mass is 465 g/mol. The van der Waals surface area contributed by atoms with Gasteiger partial charge in [0.05, 0.1) is 5.92 Å². The molecule has 1 N–H and O–H groups in total. The van der Waals surface area contributed by atoms with Gasteiger partial charge in [-0.2, -0.15) is 5.10 Å². The molecule has 182 valence electrons. The van der Waals surface area contributed by atoms with E-state index in [1.54, 1.807) is 9.58 Å². The molecule has 0 bridgehead atoms. The standard InChI is InChI=1S/C26H35N5O3/c1-4-18(5-2)25(33)31-15-13-22-21(17-31)23(28-29(22)3)26(34)30-14-9-10-19(16-30)24(32)27-20-11-7-6-8-12-20/h6-8,11-12,18-19H,4-5,9-10,13-17H2,1-3H3,(H,27,32)/t19-/m1/s1. The Labute approximate surface area is 201 Å². The van der Waals surface area contributed by atoms with Crippen LogP contribution in [0.25, 0.3) is 0 Å². The summed E-state index contributed by atoms with van der Waals surface area (Å²) in [6.07, 6.45) is 3.85. The predicted molar refractivity (Wildman–Crippen MR) is 130 cm³/mol. The van der Waals surface area contributed by atoms with Crippen LogP contribution in [0.3, 0.4) is 0 Å². The molecule has 3 heterocycles. The van der Waals surface area contributed by atoms with E-state index in [0.29, 0.717) is 38.3 Å². The molecular weight excluding hydrogens is 430 g/mol. The summed E-state index contributed by atoms with van der Waals surface area (Å²) in [5, 5.41) is 7.53. The first-order chi connectivity index (χ1) is 16.4. The topological polar surface area (TPSA) is 87.5 Å². The zero-order valence-electron chi connectivity index (χ0n) is 20.4. The maximum atomic E-state index is 13.5. The Morgan fingerprint density at radius 2 is 1.82 bits per heavy atom. The smallest absolute Gasteiger partial charge is 0.274 e. The van der Waals surface area contributed by atoms with Gasteiger partial charge >= 0.3 is 0 Å². The van der Waals surface area contributed by atoms with Crippen LogP contribution in [0, 0.1) is 11.8 Å². The Balaban J connectivity index is 1.48. The van der Waals surface area contributed by atoms with E-state index in [4.69, 9.17) is 0 Å². The molecule has 1 atom stereocenters. The summed E-state index contributed by atoms with van der Waals surface area (Å²) in [7, 11) is 1.86. The first kappa shape index (κ1) is 24.0. The molecule has 0 unspecified atom stereocenters. The fourth-order valence-electron chi connectivity index (χ4n) is 5.14. The summed E-state index contributed by atoms with van der Waals surface area (Å²) in [6.45, 7) is 6.14. The quantitative estimate of drug-likeness (QED) is 0.710. The van der Waals surface area contributed by atoms with Gasteiger partial charge in [0.2, 0.25) is 11.8 Å². The van der Waals surface area contributed by atoms with Crippen molar-refractivity contribution in [1.29, 1.82) is 0 Å². The second kappa shape index (κ2) is 10.4. The number of hydrogen-bond acceptors (Lipinski definition) is 4. The van der Waals surface area contributed by atoms with Gasteiger partial charge < -0.3 is 15.1 Å². The van der Waals surface area contributed by atoms with Crippen LogP contribution < -0.4 is 5.32 Å². The van der Waals surface area contributed by atoms with E-state index in [-0.39, 0.29) is 29.6 Å². The molecule has 3 amide bonds. The lowest BCUT2D eigenvalue weighted by Crippen LogP contribution is -2.44. The highest BCUT2D eigenvalue weighted by Crippen LogP contribution is 2.27. The van der Waals surface area contributed by atoms with Gasteiger partial charge in [0.25, 0.3) is 5.91 Å². The maximum Gasteiger partial charge on any atom is 0.274 e. The number of nitrogens with one attached hydrogen (secondary N) is 1. The number of para-hydroxylation sites is 1. The zero-order valence-corrected chi connectivity index (χ0v) is 20.4. The highest BCUT2D eigenvalue weighted by Gasteiger charge is 2.35. The SMILES string of the molecule is CCC(CC)C(=O)N1CCc2c(c(C(=O)N3CCC[C@@H](C(=O)Nc4ccccc4)C3)nn2C)C1. The van der Waals surface area contributed by atoms with Gasteiger partial charge in [-0.05, 0) is 37.8 Å². The number of hydrogen-bond donors (Lipinski definition) is 1. The number of rotatable bonds is 6. The average Bonchev–Trinajstić information content (AvgIpc) is 3.20. The van der Waals surface area contributed by atoms with Crippen molar-refractivity contribution in [3.05, 3.63) is 47.3 Å². The summed E-state index contributed by atoms with van der Waals surface area (Å²) < 4.78 is 1.78. The van der Waals surface area contributed by atoms with Crippen LogP contribution in [-0.2, 0) is 29.6 Å². The molecule has 0 aliphatic carbocycles. The normalized spacial score (nSPS) is 18.1. The minimum Gasteiger partial charge on any atom is -0.338 e. The number of carbonyl (C=O) groups is 3. The van der Waals surface area contributed by atoms with Crippen LogP contribution >= 0.6 is 0 Å². The van der Waals surface area contributed by atoms with Crippen molar-refractivity contribution in [2.75, 3.05) is 25.0 Å². The van der Waals surface area contributed by atoms with Gasteiger partial charge in [-0.25, -0.2) is 0 Å². The van der Waals surface area contributed by atoms with Crippen molar-refractivity contribution in [1.82, 2.24) is 19.6 Å². The van der Waals surface area contributed by atoms with Gasteiger partial charge in [0.15, 0.2) is 5.69 Å². The van der Waals surface area contributed by atoms with Crippen LogP contribution in [-0.4, -0.2) is 56.9 Å². The number of likely N-dealkylation sites (tertiary alicyclic amines) is 1. The highest BCUT2D eigenvalue weighted by molar-refractivity contribution is 5.96. The Bertz CT molecular complexity index is 1040. The molecule has 8 heteroatoms. The van der Waals surface area contributed by atoms with Gasteiger partial charge in [-0.1, -0.05) is 32.0 Å². The molecule has 0 spiro atoms. The number of fused-ring (bicyclic) bond motifs is 1. The van der Waals surface area contributed by atoms with E-state index < -0.39 is 0 Å². The van der Waals surface area contributed by atoms with Crippen molar-refractivity contribution < 1.29 is 14.4 Å². The van der Waals surface area contributed by atoms with E-state index in [1.807, 2.05) is 56.1 Å². The molecule has 4 rings (SSSR count). The van der Waals surface area contributed by atoms with Crippen molar-refractivity contribution >= 4 is 23.4 Å². The Morgan fingerprint density at radius 1 is 1.09 bits per heavy atom. The third kappa shape index (κ3) is 4.86. The Morgan fingerprint density at radius 3 is 2.53 bits per heavy atom. The zero-order chi connectivity index (χ0) is 24.2. The number of carbonyl (C=O) groups excluding carboxylic acids is 3. The maximum absolute atomic E-state index is 13.5. The van der Waals surface area contributed by atoms with Crippen molar-refractivity contribution in [3.63, 3.8) is 0 Å². The predicted octanol–water partition coefficient (Wildman–Crippen LogP) is 3.23. The van der Waals surface area contributed by atoms with Gasteiger partial charge in [0.1, 0.15) is 0 Å². The average molecular weight is 466 g/mol. The summed E-state index contributed by atoms with van der Waals surface area (Å²) in [4.78, 5) is 43.0. The molecule has 1 aromatic carbocycles. The number of anilines is 1. The fourth-order valence-corrected chi connectivity index (χ4v) is 5.14. The lowest BCUT2D eigenvalue weighted by Gasteiger charge is -2.33. The van der Waals surface area contributed by atoms with Crippen LogP contribution in [0.1, 0.15) is 61.3 Å².